The zero-order valence-corrected chi connectivity index (χ0v) is 27.0. The number of fused-ring (bicyclic) bond motifs is 1. The maximum absolute atomic E-state index is 13.6. The molecule has 0 fully saturated rings. The third-order valence-electron chi connectivity index (χ3n) is 7.76. The Morgan fingerprint density at radius 2 is 1.63 bits per heavy atom. The number of halogens is 6. The van der Waals surface area contributed by atoms with Crippen LogP contribution in [-0.4, -0.2) is 38.9 Å². The number of benzene rings is 2. The molecule has 9 nitrogen and oxygen atoms in total. The van der Waals surface area contributed by atoms with Gasteiger partial charge in [-0.15, -0.1) is 0 Å². The molecule has 2 amide bonds. The van der Waals surface area contributed by atoms with E-state index in [1.807, 2.05) is 4.90 Å². The number of pyridine rings is 1. The first kappa shape index (κ1) is 35.2. The average molecular weight is 689 g/mol. The maximum atomic E-state index is 13.6. The number of hydrogen-bond acceptors (Lipinski definition) is 6. The minimum atomic E-state index is -4.58. The molecule has 0 spiro atoms. The Bertz CT molecular complexity index is 1830. The largest absolute Gasteiger partial charge is 0.444 e. The first-order valence-electron chi connectivity index (χ1n) is 15.3. The van der Waals surface area contributed by atoms with Crippen molar-refractivity contribution in [3.63, 3.8) is 0 Å². The van der Waals surface area contributed by atoms with E-state index in [-0.39, 0.29) is 30.9 Å². The van der Waals surface area contributed by atoms with Gasteiger partial charge in [0.15, 0.2) is 5.69 Å². The lowest BCUT2D eigenvalue weighted by molar-refractivity contribution is -0.141. The molecule has 0 saturated carbocycles. The number of nitrogens with one attached hydrogen (secondary N) is 2. The van der Waals surface area contributed by atoms with Crippen LogP contribution in [0.2, 0.25) is 0 Å². The number of hydrogen-bond donors (Lipinski definition) is 2. The number of alkyl carbamates (subject to hydrolysis) is 1. The summed E-state index contributed by atoms with van der Waals surface area (Å²) in [5.41, 5.74) is 0.403. The Hall–Kier alpha value is -5.08. The van der Waals surface area contributed by atoms with Crippen molar-refractivity contribution in [3.8, 4) is 11.1 Å². The molecule has 0 unspecified atom stereocenters. The monoisotopic (exact) mass is 688 g/mol. The van der Waals surface area contributed by atoms with Gasteiger partial charge in [-0.05, 0) is 80.3 Å². The van der Waals surface area contributed by atoms with Gasteiger partial charge in [0.05, 0.1) is 30.4 Å². The van der Waals surface area contributed by atoms with E-state index in [1.165, 1.54) is 16.9 Å². The quantitative estimate of drug-likeness (QED) is 0.195. The van der Waals surface area contributed by atoms with Gasteiger partial charge in [-0.2, -0.15) is 31.4 Å². The van der Waals surface area contributed by atoms with Crippen LogP contribution in [0.3, 0.4) is 0 Å². The van der Waals surface area contributed by atoms with Crippen molar-refractivity contribution >= 4 is 17.7 Å². The van der Waals surface area contributed by atoms with Gasteiger partial charge in [0.25, 0.3) is 5.91 Å². The van der Waals surface area contributed by atoms with Gasteiger partial charge in [0.1, 0.15) is 11.3 Å². The van der Waals surface area contributed by atoms with Crippen LogP contribution in [0.1, 0.15) is 72.3 Å². The second kappa shape index (κ2) is 13.4. The molecule has 0 radical (unpaired) electrons. The van der Waals surface area contributed by atoms with E-state index < -0.39 is 47.3 Å². The van der Waals surface area contributed by atoms with Crippen molar-refractivity contribution in [2.24, 2.45) is 0 Å². The van der Waals surface area contributed by atoms with Crippen LogP contribution in [0.4, 0.5) is 36.8 Å². The van der Waals surface area contributed by atoms with Crippen molar-refractivity contribution < 1.29 is 40.7 Å². The van der Waals surface area contributed by atoms with E-state index in [1.54, 1.807) is 64.1 Å². The maximum Gasteiger partial charge on any atom is 0.435 e. The highest BCUT2D eigenvalue weighted by Gasteiger charge is 2.36. The first-order valence-corrected chi connectivity index (χ1v) is 15.3. The molecule has 2 N–H and O–H groups in total. The lowest BCUT2D eigenvalue weighted by Gasteiger charge is -2.29. The predicted octanol–water partition coefficient (Wildman–Crippen LogP) is 7.52. The Labute approximate surface area is 278 Å². The van der Waals surface area contributed by atoms with E-state index in [9.17, 15) is 35.9 Å². The minimum absolute atomic E-state index is 0.0711. The van der Waals surface area contributed by atoms with Gasteiger partial charge < -0.3 is 20.3 Å². The first-order chi connectivity index (χ1) is 22.9. The average Bonchev–Trinajstić information content (AvgIpc) is 3.47. The number of alkyl halides is 6. The summed E-state index contributed by atoms with van der Waals surface area (Å²) < 4.78 is 86.7. The van der Waals surface area contributed by atoms with Crippen LogP contribution in [0.25, 0.3) is 11.1 Å². The smallest absolute Gasteiger partial charge is 0.435 e. The molecule has 1 aliphatic rings. The zero-order chi connectivity index (χ0) is 35.7. The Balaban J connectivity index is 1.28. The van der Waals surface area contributed by atoms with Crippen LogP contribution in [0, 0.1) is 0 Å². The summed E-state index contributed by atoms with van der Waals surface area (Å²) in [6, 6.07) is 13.6. The molecule has 0 aliphatic carbocycles. The van der Waals surface area contributed by atoms with E-state index in [0.717, 1.165) is 18.2 Å². The molecule has 49 heavy (non-hydrogen) atoms. The van der Waals surface area contributed by atoms with Crippen LogP contribution in [0.5, 0.6) is 0 Å². The topological polar surface area (TPSA) is 101 Å². The van der Waals surface area contributed by atoms with E-state index in [2.05, 4.69) is 20.7 Å². The molecule has 5 rings (SSSR count). The van der Waals surface area contributed by atoms with E-state index in [4.69, 9.17) is 4.74 Å². The van der Waals surface area contributed by atoms with Crippen molar-refractivity contribution in [3.05, 3.63) is 101 Å². The van der Waals surface area contributed by atoms with Gasteiger partial charge >= 0.3 is 18.4 Å². The van der Waals surface area contributed by atoms with Crippen molar-refractivity contribution in [2.75, 3.05) is 11.4 Å². The lowest BCUT2D eigenvalue weighted by atomic mass is 9.95. The summed E-state index contributed by atoms with van der Waals surface area (Å²) in [6.07, 6.45) is -8.39. The number of carbonyl (C=O) groups is 2. The molecule has 1 atom stereocenters. The third kappa shape index (κ3) is 8.69. The molecular formula is C34H34F6N6O3. The Morgan fingerprint density at radius 1 is 0.918 bits per heavy atom. The summed E-state index contributed by atoms with van der Waals surface area (Å²) in [5, 5.41) is 9.09. The van der Waals surface area contributed by atoms with Crippen LogP contribution in [-0.2, 0) is 36.7 Å². The van der Waals surface area contributed by atoms with Gasteiger partial charge in [-0.1, -0.05) is 30.3 Å². The van der Waals surface area contributed by atoms with Crippen molar-refractivity contribution in [2.45, 2.75) is 71.3 Å². The predicted molar refractivity (Wildman–Crippen MR) is 168 cm³/mol. The zero-order valence-electron chi connectivity index (χ0n) is 27.0. The SMILES string of the molecule is C[C@@H](NC(=O)c1cc(N2CCn3nc(C(F)(F)F)cc3C2)ccn1)c1ccc(-c2cc(C(F)(F)F)ccc2CNC(=O)OC(C)(C)C)cc1. The summed E-state index contributed by atoms with van der Waals surface area (Å²) in [5.74, 6) is -0.492. The fourth-order valence-corrected chi connectivity index (χ4v) is 5.33. The summed E-state index contributed by atoms with van der Waals surface area (Å²) in [6.45, 7) is 7.54. The number of amides is 2. The molecule has 1 aliphatic heterocycles. The molecule has 260 valence electrons. The molecule has 3 heterocycles. The Kier molecular flexibility index (Phi) is 9.66. The van der Waals surface area contributed by atoms with Gasteiger partial charge in [-0.25, -0.2) is 4.79 Å². The fraction of sp³-hybridized carbons (Fsp3) is 0.353. The third-order valence-corrected chi connectivity index (χ3v) is 7.76. The molecule has 0 saturated heterocycles. The second-order valence-electron chi connectivity index (χ2n) is 12.6. The standard InChI is InChI=1S/C34H34F6N6O3/c1-20(43-30(47)28-16-25(11-12-41-28)45-13-14-46-26(19-45)17-29(44-46)34(38,39)40)21-5-7-22(8-6-21)27-15-24(33(35,36)37)10-9-23(27)18-42-31(48)49-32(2,3)4/h5-12,15-17,20H,13-14,18-19H2,1-4H3,(H,42,48)(H,43,47)/t20-/m1/s1. The molecule has 15 heteroatoms. The van der Waals surface area contributed by atoms with Gasteiger partial charge in [0, 0.05) is 25.0 Å². The van der Waals surface area contributed by atoms with Crippen molar-refractivity contribution in [1.82, 2.24) is 25.4 Å². The fourth-order valence-electron chi connectivity index (χ4n) is 5.33. The molecule has 0 bridgehead atoms. The van der Waals surface area contributed by atoms with Crippen LogP contribution in [0.15, 0.2) is 66.9 Å². The van der Waals surface area contributed by atoms with Crippen LogP contribution < -0.4 is 15.5 Å². The lowest BCUT2D eigenvalue weighted by Crippen LogP contribution is -2.34. The van der Waals surface area contributed by atoms with Crippen LogP contribution >= 0.6 is 0 Å². The number of rotatable bonds is 7. The number of ether oxygens (including phenoxy) is 1. The molecule has 2 aromatic heterocycles. The number of anilines is 1. The second-order valence-corrected chi connectivity index (χ2v) is 12.6. The highest BCUT2D eigenvalue weighted by Crippen LogP contribution is 2.35. The highest BCUT2D eigenvalue weighted by molar-refractivity contribution is 5.93. The summed E-state index contributed by atoms with van der Waals surface area (Å²) >= 11 is 0. The number of carbonyl (C=O) groups excluding carboxylic acids is 2. The Morgan fingerprint density at radius 3 is 2.29 bits per heavy atom. The molecule has 2 aromatic carbocycles. The highest BCUT2D eigenvalue weighted by atomic mass is 19.4. The number of nitrogens with zero attached hydrogens (tertiary/aromatic N) is 4. The van der Waals surface area contributed by atoms with E-state index >= 15 is 0 Å². The molecular weight excluding hydrogens is 654 g/mol. The van der Waals surface area contributed by atoms with Gasteiger partial charge in [0.2, 0.25) is 0 Å². The van der Waals surface area contributed by atoms with Gasteiger partial charge in [-0.3, -0.25) is 14.5 Å². The van der Waals surface area contributed by atoms with Crippen molar-refractivity contribution in [1.29, 1.82) is 0 Å². The molecule has 4 aromatic rings. The summed E-state index contributed by atoms with van der Waals surface area (Å²) in [4.78, 5) is 31.4. The number of aromatic nitrogens is 3. The minimum Gasteiger partial charge on any atom is -0.444 e. The van der Waals surface area contributed by atoms with E-state index in [0.29, 0.717) is 34.6 Å². The normalized spacial score (nSPS) is 14.2. The summed E-state index contributed by atoms with van der Waals surface area (Å²) in [7, 11) is 0.